The molecule has 0 saturated heterocycles. The SMILES string of the molecule is CN(C/C(=C\c1ccc(C(=O)NO)cc1)COc1cccc2ccccc12)Cc1ccccc1. The quantitative estimate of drug-likeness (QED) is 0.258. The van der Waals surface area contributed by atoms with E-state index in [2.05, 4.69) is 48.4 Å². The van der Waals surface area contributed by atoms with Crippen molar-refractivity contribution in [2.45, 2.75) is 6.54 Å². The van der Waals surface area contributed by atoms with Crippen molar-refractivity contribution in [3.63, 3.8) is 0 Å². The molecule has 0 heterocycles. The largest absolute Gasteiger partial charge is 0.489 e. The number of nitrogens with zero attached hydrogens (tertiary/aromatic N) is 1. The van der Waals surface area contributed by atoms with Gasteiger partial charge in [-0.15, -0.1) is 0 Å². The summed E-state index contributed by atoms with van der Waals surface area (Å²) in [5.41, 5.74) is 5.37. The second-order valence-electron chi connectivity index (χ2n) is 8.29. The minimum Gasteiger partial charge on any atom is -0.489 e. The Hall–Kier alpha value is -3.93. The monoisotopic (exact) mass is 452 g/mol. The Morgan fingerprint density at radius 3 is 2.38 bits per heavy atom. The highest BCUT2D eigenvalue weighted by atomic mass is 16.5. The van der Waals surface area contributed by atoms with Gasteiger partial charge >= 0.3 is 0 Å². The van der Waals surface area contributed by atoms with Crippen molar-refractivity contribution < 1.29 is 14.7 Å². The lowest BCUT2D eigenvalue weighted by atomic mass is 10.1. The van der Waals surface area contributed by atoms with Crippen LogP contribution in [0.5, 0.6) is 5.75 Å². The summed E-state index contributed by atoms with van der Waals surface area (Å²) < 4.78 is 6.29. The van der Waals surface area contributed by atoms with Crippen molar-refractivity contribution in [3.8, 4) is 5.75 Å². The van der Waals surface area contributed by atoms with E-state index in [1.54, 1.807) is 17.6 Å². The second kappa shape index (κ2) is 11.3. The summed E-state index contributed by atoms with van der Waals surface area (Å²) in [6, 6.07) is 31.7. The van der Waals surface area contributed by atoms with Gasteiger partial charge in [0.05, 0.1) is 0 Å². The molecule has 4 rings (SSSR count). The zero-order valence-corrected chi connectivity index (χ0v) is 19.1. The van der Waals surface area contributed by atoms with Crippen LogP contribution in [0.4, 0.5) is 0 Å². The smallest absolute Gasteiger partial charge is 0.274 e. The third-order valence-electron chi connectivity index (χ3n) is 5.58. The third-order valence-corrected chi connectivity index (χ3v) is 5.58. The lowest BCUT2D eigenvalue weighted by Crippen LogP contribution is -2.23. The Bertz CT molecular complexity index is 1260. The molecule has 2 N–H and O–H groups in total. The van der Waals surface area contributed by atoms with Crippen molar-refractivity contribution in [2.75, 3.05) is 20.2 Å². The fraction of sp³-hybridized carbons (Fsp3) is 0.138. The normalized spacial score (nSPS) is 11.6. The Balaban J connectivity index is 1.55. The van der Waals surface area contributed by atoms with Crippen LogP contribution in [0.1, 0.15) is 21.5 Å². The number of amides is 1. The van der Waals surface area contributed by atoms with Gasteiger partial charge in [0, 0.05) is 24.0 Å². The number of carbonyl (C=O) groups excluding carboxylic acids is 1. The highest BCUT2D eigenvalue weighted by Crippen LogP contribution is 2.26. The van der Waals surface area contributed by atoms with Crippen molar-refractivity contribution in [1.29, 1.82) is 0 Å². The molecule has 4 aromatic carbocycles. The lowest BCUT2D eigenvalue weighted by Gasteiger charge is -2.20. The molecule has 0 spiro atoms. The summed E-state index contributed by atoms with van der Waals surface area (Å²) in [4.78, 5) is 13.9. The zero-order chi connectivity index (χ0) is 23.8. The highest BCUT2D eigenvalue weighted by molar-refractivity contribution is 5.93. The number of hydrogen-bond donors (Lipinski definition) is 2. The molecule has 0 unspecified atom stereocenters. The molecule has 5 nitrogen and oxygen atoms in total. The molecule has 0 aliphatic carbocycles. The molecule has 4 aromatic rings. The number of rotatable bonds is 9. The summed E-state index contributed by atoms with van der Waals surface area (Å²) >= 11 is 0. The van der Waals surface area contributed by atoms with Crippen LogP contribution in [0.3, 0.4) is 0 Å². The number of hydroxylamine groups is 1. The van der Waals surface area contributed by atoms with E-state index >= 15 is 0 Å². The summed E-state index contributed by atoms with van der Waals surface area (Å²) in [6.07, 6.45) is 2.09. The van der Waals surface area contributed by atoms with Crippen LogP contribution in [0, 0.1) is 0 Å². The molecule has 0 atom stereocenters. The van der Waals surface area contributed by atoms with E-state index in [-0.39, 0.29) is 0 Å². The number of carbonyl (C=O) groups is 1. The molecule has 0 fully saturated rings. The molecular formula is C29H28N2O3. The fourth-order valence-corrected chi connectivity index (χ4v) is 3.95. The van der Waals surface area contributed by atoms with Gasteiger partial charge in [-0.05, 0) is 47.3 Å². The number of fused-ring (bicyclic) bond motifs is 1. The van der Waals surface area contributed by atoms with E-state index in [0.29, 0.717) is 12.2 Å². The van der Waals surface area contributed by atoms with Gasteiger partial charge < -0.3 is 4.74 Å². The average molecular weight is 453 g/mol. The zero-order valence-electron chi connectivity index (χ0n) is 19.1. The molecular weight excluding hydrogens is 424 g/mol. The minimum absolute atomic E-state index is 0.398. The van der Waals surface area contributed by atoms with Crippen LogP contribution >= 0.6 is 0 Å². The van der Waals surface area contributed by atoms with Crippen molar-refractivity contribution in [3.05, 3.63) is 119 Å². The maximum Gasteiger partial charge on any atom is 0.274 e. The van der Waals surface area contributed by atoms with Gasteiger partial charge in [-0.25, -0.2) is 5.48 Å². The topological polar surface area (TPSA) is 61.8 Å². The maximum atomic E-state index is 11.6. The number of benzene rings is 4. The summed E-state index contributed by atoms with van der Waals surface area (Å²) in [5.74, 6) is 0.322. The predicted octanol–water partition coefficient (Wildman–Crippen LogP) is 5.55. The first kappa shape index (κ1) is 23.2. The van der Waals surface area contributed by atoms with Gasteiger partial charge in [-0.3, -0.25) is 14.9 Å². The number of hydrogen-bond acceptors (Lipinski definition) is 4. The van der Waals surface area contributed by atoms with E-state index in [1.807, 2.05) is 54.6 Å². The van der Waals surface area contributed by atoms with E-state index in [4.69, 9.17) is 9.94 Å². The van der Waals surface area contributed by atoms with Crippen molar-refractivity contribution >= 4 is 22.8 Å². The van der Waals surface area contributed by atoms with Crippen molar-refractivity contribution in [1.82, 2.24) is 10.4 Å². The van der Waals surface area contributed by atoms with Crippen LogP contribution in [-0.4, -0.2) is 36.2 Å². The fourth-order valence-electron chi connectivity index (χ4n) is 3.95. The van der Waals surface area contributed by atoms with Crippen LogP contribution in [-0.2, 0) is 6.54 Å². The summed E-state index contributed by atoms with van der Waals surface area (Å²) in [7, 11) is 2.09. The Morgan fingerprint density at radius 2 is 1.62 bits per heavy atom. The van der Waals surface area contributed by atoms with Crippen LogP contribution in [0.25, 0.3) is 16.8 Å². The molecule has 34 heavy (non-hydrogen) atoms. The lowest BCUT2D eigenvalue weighted by molar-refractivity contribution is 0.0706. The molecule has 0 aromatic heterocycles. The highest BCUT2D eigenvalue weighted by Gasteiger charge is 2.09. The number of nitrogens with one attached hydrogen (secondary N) is 1. The van der Waals surface area contributed by atoms with E-state index in [9.17, 15) is 4.79 Å². The van der Waals surface area contributed by atoms with Crippen LogP contribution < -0.4 is 10.2 Å². The van der Waals surface area contributed by atoms with Gasteiger partial charge in [0.25, 0.3) is 5.91 Å². The van der Waals surface area contributed by atoms with E-state index in [0.717, 1.165) is 40.7 Å². The van der Waals surface area contributed by atoms with E-state index in [1.165, 1.54) is 5.56 Å². The molecule has 172 valence electrons. The molecule has 1 amide bonds. The maximum absolute atomic E-state index is 11.6. The van der Waals surface area contributed by atoms with Gasteiger partial charge in [-0.1, -0.05) is 84.9 Å². The Kier molecular flexibility index (Phi) is 7.71. The number of likely N-dealkylation sites (N-methyl/N-ethyl adjacent to an activating group) is 1. The summed E-state index contributed by atoms with van der Waals surface area (Å²) in [5, 5.41) is 11.1. The first-order valence-corrected chi connectivity index (χ1v) is 11.2. The second-order valence-corrected chi connectivity index (χ2v) is 8.29. The molecule has 0 radical (unpaired) electrons. The van der Waals surface area contributed by atoms with Gasteiger partial charge in [-0.2, -0.15) is 0 Å². The predicted molar refractivity (Wildman–Crippen MR) is 136 cm³/mol. The third kappa shape index (κ3) is 6.10. The van der Waals surface area contributed by atoms with Crippen molar-refractivity contribution in [2.24, 2.45) is 0 Å². The van der Waals surface area contributed by atoms with Gasteiger partial charge in [0.1, 0.15) is 12.4 Å². The first-order valence-electron chi connectivity index (χ1n) is 11.2. The summed E-state index contributed by atoms with van der Waals surface area (Å²) in [6.45, 7) is 1.98. The molecule has 0 aliphatic heterocycles. The molecule has 0 saturated carbocycles. The van der Waals surface area contributed by atoms with Crippen LogP contribution in [0.15, 0.2) is 103 Å². The molecule has 5 heteroatoms. The van der Waals surface area contributed by atoms with Gasteiger partial charge in [0.15, 0.2) is 0 Å². The van der Waals surface area contributed by atoms with E-state index < -0.39 is 5.91 Å². The van der Waals surface area contributed by atoms with Gasteiger partial charge in [0.2, 0.25) is 0 Å². The van der Waals surface area contributed by atoms with Crippen LogP contribution in [0.2, 0.25) is 0 Å². The average Bonchev–Trinajstić information content (AvgIpc) is 2.87. The Labute approximate surface area is 199 Å². The molecule has 0 aliphatic rings. The standard InChI is InChI=1S/C29H28N2O3/c1-31(19-23-8-3-2-4-9-23)20-24(18-22-14-16-26(17-15-22)29(32)30-33)21-34-28-13-7-11-25-10-5-6-12-27(25)28/h2-18,33H,19-21H2,1H3,(H,30,32)/b24-18+. The molecule has 0 bridgehead atoms. The number of ether oxygens (including phenoxy) is 1. The Morgan fingerprint density at radius 1 is 0.912 bits per heavy atom. The minimum atomic E-state index is -0.530. The first-order chi connectivity index (χ1) is 16.6.